The molecule has 2 amide bonds. The third-order valence-electron chi connectivity index (χ3n) is 6.96. The highest BCUT2D eigenvalue weighted by molar-refractivity contribution is 6.08. The Labute approximate surface area is 196 Å². The zero-order valence-corrected chi connectivity index (χ0v) is 20.0. The Kier molecular flexibility index (Phi) is 6.63. The summed E-state index contributed by atoms with van der Waals surface area (Å²) in [6, 6.07) is 14.7. The average molecular weight is 451 g/mol. The third kappa shape index (κ3) is 4.31. The van der Waals surface area contributed by atoms with E-state index in [1.54, 1.807) is 13.2 Å². The molecule has 2 aromatic carbocycles. The van der Waals surface area contributed by atoms with Crippen LogP contribution in [0.4, 0.5) is 5.69 Å². The van der Waals surface area contributed by atoms with E-state index < -0.39 is 11.6 Å². The van der Waals surface area contributed by atoms with Gasteiger partial charge in [-0.2, -0.15) is 0 Å². The van der Waals surface area contributed by atoms with Gasteiger partial charge in [0.05, 0.1) is 24.3 Å². The number of rotatable bonds is 6. The summed E-state index contributed by atoms with van der Waals surface area (Å²) in [5, 5.41) is 3.52. The smallest absolute Gasteiger partial charge is 0.267 e. The summed E-state index contributed by atoms with van der Waals surface area (Å²) in [4.78, 5) is 29.2. The van der Waals surface area contributed by atoms with Crippen molar-refractivity contribution >= 4 is 17.5 Å². The van der Waals surface area contributed by atoms with E-state index in [4.69, 9.17) is 9.47 Å². The van der Waals surface area contributed by atoms with Crippen LogP contribution in [0.5, 0.6) is 11.5 Å². The van der Waals surface area contributed by atoms with Crippen molar-refractivity contribution in [3.05, 3.63) is 54.1 Å². The number of anilines is 1. The molecule has 2 aliphatic rings. The van der Waals surface area contributed by atoms with Crippen molar-refractivity contribution in [1.82, 2.24) is 4.90 Å². The minimum atomic E-state index is -0.902. The average Bonchev–Trinajstić information content (AvgIpc) is 2.82. The van der Waals surface area contributed by atoms with Crippen molar-refractivity contribution in [2.24, 2.45) is 11.8 Å². The number of benzene rings is 2. The van der Waals surface area contributed by atoms with Crippen molar-refractivity contribution < 1.29 is 19.1 Å². The topological polar surface area (TPSA) is 67.9 Å². The molecule has 1 fully saturated rings. The number of imide groups is 1. The molecular weight excluding hydrogens is 416 g/mol. The van der Waals surface area contributed by atoms with Gasteiger partial charge in [-0.1, -0.05) is 51.5 Å². The second kappa shape index (κ2) is 9.46. The first-order valence-electron chi connectivity index (χ1n) is 11.9. The lowest BCUT2D eigenvalue weighted by atomic mass is 9.85. The number of carbonyl (C=O) groups excluding carboxylic acids is 2. The Morgan fingerprint density at radius 2 is 1.70 bits per heavy atom. The number of nitrogens with zero attached hydrogens (tertiary/aromatic N) is 1. The molecule has 33 heavy (non-hydrogen) atoms. The van der Waals surface area contributed by atoms with Gasteiger partial charge in [0.25, 0.3) is 5.91 Å². The van der Waals surface area contributed by atoms with Crippen LogP contribution >= 0.6 is 0 Å². The summed E-state index contributed by atoms with van der Waals surface area (Å²) in [5.41, 5.74) is 0.381. The van der Waals surface area contributed by atoms with Gasteiger partial charge in [-0.15, -0.1) is 0 Å². The van der Waals surface area contributed by atoms with Crippen LogP contribution in [0, 0.1) is 11.8 Å². The standard InChI is InChI=1S/C27H34N2O4/c1-18(2)24(28-21-13-7-9-15-23(21)32-4)19(3)25(30)29-26(31)20-12-6-8-14-22(20)33-27(29)16-10-5-11-17-27/h6-9,12-15,18-19,24,28H,5,10-11,16-17H2,1-4H3/t19-,24+/m0/s1. The summed E-state index contributed by atoms with van der Waals surface area (Å²) in [7, 11) is 1.63. The van der Waals surface area contributed by atoms with E-state index in [0.29, 0.717) is 24.2 Å². The fraction of sp³-hybridized carbons (Fsp3) is 0.481. The molecule has 176 valence electrons. The number of hydrogen-bond acceptors (Lipinski definition) is 5. The maximum absolute atomic E-state index is 14.0. The van der Waals surface area contributed by atoms with Gasteiger partial charge < -0.3 is 14.8 Å². The lowest BCUT2D eigenvalue weighted by Crippen LogP contribution is -2.63. The molecule has 2 atom stereocenters. The van der Waals surface area contributed by atoms with Crippen molar-refractivity contribution in [3.8, 4) is 11.5 Å². The minimum absolute atomic E-state index is 0.143. The normalized spacial score (nSPS) is 18.9. The minimum Gasteiger partial charge on any atom is -0.495 e. The number of fused-ring (bicyclic) bond motifs is 1. The van der Waals surface area contributed by atoms with Gasteiger partial charge in [0.2, 0.25) is 5.91 Å². The van der Waals surface area contributed by atoms with Crippen LogP contribution in [0.15, 0.2) is 48.5 Å². The zero-order valence-electron chi connectivity index (χ0n) is 20.0. The van der Waals surface area contributed by atoms with Crippen molar-refractivity contribution in [3.63, 3.8) is 0 Å². The van der Waals surface area contributed by atoms with Crippen LogP contribution in [0.2, 0.25) is 0 Å². The first-order valence-corrected chi connectivity index (χ1v) is 11.9. The molecule has 1 aliphatic heterocycles. The van der Waals surface area contributed by atoms with Gasteiger partial charge in [0.15, 0.2) is 5.72 Å². The van der Waals surface area contributed by atoms with Gasteiger partial charge in [-0.25, -0.2) is 4.90 Å². The van der Waals surface area contributed by atoms with Crippen LogP contribution in [0.1, 0.15) is 63.2 Å². The van der Waals surface area contributed by atoms with Gasteiger partial charge >= 0.3 is 0 Å². The van der Waals surface area contributed by atoms with Crippen molar-refractivity contribution in [2.45, 2.75) is 64.6 Å². The quantitative estimate of drug-likeness (QED) is 0.630. The number of nitrogens with one attached hydrogen (secondary N) is 1. The lowest BCUT2D eigenvalue weighted by Gasteiger charge is -2.49. The van der Waals surface area contributed by atoms with Crippen LogP contribution in [0.25, 0.3) is 0 Å². The Balaban J connectivity index is 1.68. The second-order valence-electron chi connectivity index (χ2n) is 9.49. The van der Waals surface area contributed by atoms with Gasteiger partial charge in [0, 0.05) is 18.9 Å². The first kappa shape index (κ1) is 23.1. The molecule has 0 aromatic heterocycles. The third-order valence-corrected chi connectivity index (χ3v) is 6.96. The molecule has 0 bridgehead atoms. The molecular formula is C27H34N2O4. The predicted molar refractivity (Wildman–Crippen MR) is 128 cm³/mol. The maximum Gasteiger partial charge on any atom is 0.267 e. The molecule has 6 nitrogen and oxygen atoms in total. The number of methoxy groups -OCH3 is 1. The molecule has 1 heterocycles. The largest absolute Gasteiger partial charge is 0.495 e. The van der Waals surface area contributed by atoms with E-state index in [-0.39, 0.29) is 23.8 Å². The molecule has 1 saturated carbocycles. The molecule has 1 aliphatic carbocycles. The molecule has 1 spiro atoms. The molecule has 4 rings (SSSR count). The predicted octanol–water partition coefficient (Wildman–Crippen LogP) is 5.49. The maximum atomic E-state index is 14.0. The second-order valence-corrected chi connectivity index (χ2v) is 9.49. The Hall–Kier alpha value is -3.02. The number of hydrogen-bond donors (Lipinski definition) is 1. The van der Waals surface area contributed by atoms with Gasteiger partial charge in [0.1, 0.15) is 11.5 Å². The summed E-state index contributed by atoms with van der Waals surface area (Å²) in [6.07, 6.45) is 4.28. The van der Waals surface area contributed by atoms with E-state index in [1.807, 2.05) is 49.4 Å². The number of amides is 2. The van der Waals surface area contributed by atoms with Gasteiger partial charge in [-0.05, 0) is 43.0 Å². The van der Waals surface area contributed by atoms with Crippen molar-refractivity contribution in [2.75, 3.05) is 12.4 Å². The molecule has 0 saturated heterocycles. The molecule has 6 heteroatoms. The van der Waals surface area contributed by atoms with E-state index >= 15 is 0 Å². The summed E-state index contributed by atoms with van der Waals surface area (Å²) in [6.45, 7) is 6.06. The first-order chi connectivity index (χ1) is 15.9. The summed E-state index contributed by atoms with van der Waals surface area (Å²) >= 11 is 0. The van der Waals surface area contributed by atoms with Gasteiger partial charge in [-0.3, -0.25) is 9.59 Å². The van der Waals surface area contributed by atoms with Crippen LogP contribution in [-0.2, 0) is 4.79 Å². The molecule has 0 radical (unpaired) electrons. The lowest BCUT2D eigenvalue weighted by molar-refractivity contribution is -0.158. The number of carbonyl (C=O) groups is 2. The Morgan fingerprint density at radius 3 is 2.39 bits per heavy atom. The molecule has 1 N–H and O–H groups in total. The number of ether oxygens (including phenoxy) is 2. The van der Waals surface area contributed by atoms with E-state index in [1.165, 1.54) is 4.90 Å². The van der Waals surface area contributed by atoms with E-state index in [9.17, 15) is 9.59 Å². The van der Waals surface area contributed by atoms with Crippen LogP contribution in [0.3, 0.4) is 0 Å². The fourth-order valence-electron chi connectivity index (χ4n) is 5.19. The summed E-state index contributed by atoms with van der Waals surface area (Å²) < 4.78 is 12.0. The molecule has 2 aromatic rings. The van der Waals surface area contributed by atoms with Crippen LogP contribution in [-0.4, -0.2) is 35.6 Å². The monoisotopic (exact) mass is 450 g/mol. The van der Waals surface area contributed by atoms with Crippen LogP contribution < -0.4 is 14.8 Å². The van der Waals surface area contributed by atoms with E-state index in [2.05, 4.69) is 19.2 Å². The van der Waals surface area contributed by atoms with E-state index in [0.717, 1.165) is 30.7 Å². The Morgan fingerprint density at radius 1 is 1.03 bits per heavy atom. The SMILES string of the molecule is COc1ccccc1N[C@H](C(C)C)[C@H](C)C(=O)N1C(=O)c2ccccc2OC12CCCCC2. The Bertz CT molecular complexity index is 1010. The highest BCUT2D eigenvalue weighted by atomic mass is 16.5. The summed E-state index contributed by atoms with van der Waals surface area (Å²) in [5.74, 6) is 0.537. The zero-order chi connectivity index (χ0) is 23.6. The van der Waals surface area contributed by atoms with Crippen molar-refractivity contribution in [1.29, 1.82) is 0 Å². The fourth-order valence-corrected chi connectivity index (χ4v) is 5.19. The highest BCUT2D eigenvalue weighted by Gasteiger charge is 2.52. The molecule has 0 unspecified atom stereocenters. The number of para-hydroxylation sites is 3. The highest BCUT2D eigenvalue weighted by Crippen LogP contribution is 2.43.